The molecule has 17 heavy (non-hydrogen) atoms. The van der Waals surface area contributed by atoms with Crippen LogP contribution < -0.4 is 0 Å². The Hall–Kier alpha value is -0.490. The lowest BCUT2D eigenvalue weighted by molar-refractivity contribution is 0.546. The molecule has 94 valence electrons. The van der Waals surface area contributed by atoms with Gasteiger partial charge in [0, 0.05) is 0 Å². The van der Waals surface area contributed by atoms with Gasteiger partial charge in [-0.3, -0.25) is 0 Å². The zero-order valence-corrected chi connectivity index (χ0v) is 11.8. The largest absolute Gasteiger partial charge is 0.293 e. The highest BCUT2D eigenvalue weighted by molar-refractivity contribution is 7.90. The van der Waals surface area contributed by atoms with Gasteiger partial charge in [0.05, 0.1) is 22.4 Å². The van der Waals surface area contributed by atoms with Crippen molar-refractivity contribution in [2.75, 3.05) is 0 Å². The Bertz CT molecular complexity index is 502. The first kappa shape index (κ1) is 14.6. The Morgan fingerprint density at radius 1 is 1.29 bits per heavy atom. The van der Waals surface area contributed by atoms with Crippen LogP contribution >= 0.6 is 35.0 Å². The third-order valence-corrected chi connectivity index (χ3v) is 4.39. The monoisotopic (exact) mass is 314 g/mol. The van der Waals surface area contributed by atoms with Crippen molar-refractivity contribution in [3.8, 4) is 0 Å². The molecule has 0 saturated carbocycles. The number of hydrazone groups is 1. The quantitative estimate of drug-likeness (QED) is 0.371. The molecule has 0 spiro atoms. The molecule has 0 radical (unpaired) electrons. The summed E-state index contributed by atoms with van der Waals surface area (Å²) in [5, 5.41) is 3.59. The Balaban J connectivity index is 3.05. The topological polar surface area (TPSA) is 49.7 Å². The fourth-order valence-corrected chi connectivity index (χ4v) is 2.26. The number of alkyl halides is 2. The maximum atomic E-state index is 11.9. The standard InChI is InChI=1S/C9H9Cl3N2O2S/c1-7(9(10)11)13-14(12)17(15,16)8-5-3-2-4-6-8/h2-6,9H,1H3. The Kier molecular flexibility index (Phi) is 5.06. The maximum absolute atomic E-state index is 11.9. The Morgan fingerprint density at radius 3 is 2.29 bits per heavy atom. The van der Waals surface area contributed by atoms with Crippen molar-refractivity contribution in [2.45, 2.75) is 16.7 Å². The summed E-state index contributed by atoms with van der Waals surface area (Å²) in [6.07, 6.45) is 0. The molecule has 0 bridgehead atoms. The third-order valence-electron chi connectivity index (χ3n) is 1.79. The fraction of sp³-hybridized carbons (Fsp3) is 0.222. The van der Waals surface area contributed by atoms with Crippen LogP contribution in [0.15, 0.2) is 40.3 Å². The third kappa shape index (κ3) is 3.74. The van der Waals surface area contributed by atoms with Crippen molar-refractivity contribution in [3.63, 3.8) is 0 Å². The number of halogens is 3. The number of benzene rings is 1. The minimum atomic E-state index is -3.87. The second-order valence-electron chi connectivity index (χ2n) is 3.06. The van der Waals surface area contributed by atoms with Crippen molar-refractivity contribution in [1.82, 2.24) is 3.93 Å². The summed E-state index contributed by atoms with van der Waals surface area (Å²) < 4.78 is 24.1. The van der Waals surface area contributed by atoms with Crippen LogP contribution in [0.25, 0.3) is 0 Å². The fourth-order valence-electron chi connectivity index (χ4n) is 0.901. The van der Waals surface area contributed by atoms with Gasteiger partial charge in [0.1, 0.15) is 4.84 Å². The van der Waals surface area contributed by atoms with E-state index in [2.05, 4.69) is 5.10 Å². The zero-order chi connectivity index (χ0) is 13.1. The van der Waals surface area contributed by atoms with Crippen LogP contribution in [0.1, 0.15) is 6.92 Å². The highest BCUT2D eigenvalue weighted by Crippen LogP contribution is 2.18. The second-order valence-corrected chi connectivity index (χ2v) is 6.44. The summed E-state index contributed by atoms with van der Waals surface area (Å²) in [5.41, 5.74) is 0.183. The highest BCUT2D eigenvalue weighted by atomic mass is 35.5. The lowest BCUT2D eigenvalue weighted by Gasteiger charge is -2.11. The van der Waals surface area contributed by atoms with Gasteiger partial charge in [-0.15, -0.1) is 0 Å². The number of rotatable bonds is 4. The Morgan fingerprint density at radius 2 is 1.82 bits per heavy atom. The summed E-state index contributed by atoms with van der Waals surface area (Å²) in [6, 6.07) is 7.68. The van der Waals surface area contributed by atoms with E-state index in [0.29, 0.717) is 3.93 Å². The van der Waals surface area contributed by atoms with Crippen molar-refractivity contribution in [3.05, 3.63) is 30.3 Å². The number of hydrogen-bond donors (Lipinski definition) is 0. The van der Waals surface area contributed by atoms with E-state index < -0.39 is 14.9 Å². The van der Waals surface area contributed by atoms with Gasteiger partial charge in [-0.05, 0) is 19.1 Å². The Labute approximate surface area is 115 Å². The molecule has 0 saturated heterocycles. The molecule has 0 aliphatic heterocycles. The van der Waals surface area contributed by atoms with Gasteiger partial charge in [-0.25, -0.2) is 0 Å². The number of sulfonamides is 1. The van der Waals surface area contributed by atoms with Crippen molar-refractivity contribution < 1.29 is 8.42 Å². The molecule has 1 rings (SSSR count). The molecule has 0 atom stereocenters. The van der Waals surface area contributed by atoms with Gasteiger partial charge in [-0.1, -0.05) is 45.3 Å². The van der Waals surface area contributed by atoms with E-state index in [1.54, 1.807) is 18.2 Å². The van der Waals surface area contributed by atoms with Gasteiger partial charge in [0.15, 0.2) is 0 Å². The van der Waals surface area contributed by atoms with Crippen LogP contribution in [0.5, 0.6) is 0 Å². The first-order chi connectivity index (χ1) is 7.85. The lowest BCUT2D eigenvalue weighted by atomic mass is 10.4. The van der Waals surface area contributed by atoms with Crippen LogP contribution in [-0.2, 0) is 10.0 Å². The summed E-state index contributed by atoms with van der Waals surface area (Å²) in [6.45, 7) is 1.47. The molecule has 0 amide bonds. The number of nitrogens with zero attached hydrogens (tertiary/aromatic N) is 2. The number of hydrogen-bond acceptors (Lipinski definition) is 3. The lowest BCUT2D eigenvalue weighted by Crippen LogP contribution is -2.19. The second kappa shape index (κ2) is 5.91. The van der Waals surface area contributed by atoms with Crippen molar-refractivity contribution in [2.24, 2.45) is 5.10 Å². The molecule has 0 unspecified atom stereocenters. The van der Waals surface area contributed by atoms with E-state index in [9.17, 15) is 8.42 Å². The molecular weight excluding hydrogens is 307 g/mol. The predicted octanol–water partition coefficient (Wildman–Crippen LogP) is 3.01. The van der Waals surface area contributed by atoms with Gasteiger partial charge < -0.3 is 0 Å². The van der Waals surface area contributed by atoms with E-state index in [0.717, 1.165) is 0 Å². The van der Waals surface area contributed by atoms with Gasteiger partial charge in [-0.2, -0.15) is 13.5 Å². The maximum Gasteiger partial charge on any atom is 0.293 e. The molecule has 0 fully saturated rings. The van der Waals surface area contributed by atoms with Crippen molar-refractivity contribution >= 4 is 50.7 Å². The highest BCUT2D eigenvalue weighted by Gasteiger charge is 2.22. The van der Waals surface area contributed by atoms with E-state index in [1.807, 2.05) is 0 Å². The molecule has 0 aliphatic rings. The minimum Gasteiger partial charge on any atom is -0.198 e. The average molecular weight is 316 g/mol. The van der Waals surface area contributed by atoms with Crippen LogP contribution in [0.4, 0.5) is 0 Å². The summed E-state index contributed by atoms with van der Waals surface area (Å²) in [4.78, 5) is -0.880. The normalized spacial score (nSPS) is 12.9. The minimum absolute atomic E-state index is 0.0345. The smallest absolute Gasteiger partial charge is 0.198 e. The van der Waals surface area contributed by atoms with Gasteiger partial charge >= 0.3 is 0 Å². The first-order valence-electron chi connectivity index (χ1n) is 4.45. The van der Waals surface area contributed by atoms with E-state index >= 15 is 0 Å². The zero-order valence-electron chi connectivity index (χ0n) is 8.72. The molecule has 0 heterocycles. The molecule has 0 N–H and O–H groups in total. The SMILES string of the molecule is CC(=NN(Cl)S(=O)(=O)c1ccccc1)C(Cl)Cl. The average Bonchev–Trinajstić information content (AvgIpc) is 2.29. The molecule has 8 heteroatoms. The van der Waals surface area contributed by atoms with Gasteiger partial charge in [0.2, 0.25) is 0 Å². The molecule has 1 aromatic rings. The van der Waals surface area contributed by atoms with Crippen LogP contribution in [-0.4, -0.2) is 22.9 Å². The molecule has 0 aromatic heterocycles. The molecule has 1 aromatic carbocycles. The van der Waals surface area contributed by atoms with E-state index in [-0.39, 0.29) is 10.6 Å². The molecular formula is C9H9Cl3N2O2S. The molecule has 4 nitrogen and oxygen atoms in total. The van der Waals surface area contributed by atoms with Crippen molar-refractivity contribution in [1.29, 1.82) is 0 Å². The predicted molar refractivity (Wildman–Crippen MR) is 69.9 cm³/mol. The first-order valence-corrected chi connectivity index (χ1v) is 7.10. The van der Waals surface area contributed by atoms with Crippen LogP contribution in [0, 0.1) is 0 Å². The van der Waals surface area contributed by atoms with Crippen LogP contribution in [0.2, 0.25) is 0 Å². The van der Waals surface area contributed by atoms with Crippen LogP contribution in [0.3, 0.4) is 0 Å². The summed E-state index contributed by atoms with van der Waals surface area (Å²) in [7, 11) is -3.87. The van der Waals surface area contributed by atoms with Gasteiger partial charge in [0.25, 0.3) is 10.0 Å². The molecule has 0 aliphatic carbocycles. The van der Waals surface area contributed by atoms with E-state index in [4.69, 9.17) is 35.0 Å². The summed E-state index contributed by atoms with van der Waals surface area (Å²) in [5.74, 6) is 0. The summed E-state index contributed by atoms with van der Waals surface area (Å²) >= 11 is 16.6. The van der Waals surface area contributed by atoms with E-state index in [1.165, 1.54) is 19.1 Å².